The quantitative estimate of drug-likeness (QED) is 0.312. The van der Waals surface area contributed by atoms with E-state index in [-0.39, 0.29) is 17.7 Å². The van der Waals surface area contributed by atoms with E-state index in [1.54, 1.807) is 12.1 Å². The Labute approximate surface area is 214 Å². The summed E-state index contributed by atoms with van der Waals surface area (Å²) in [5.41, 5.74) is -1.70. The van der Waals surface area contributed by atoms with Crippen LogP contribution in [0.5, 0.6) is 0 Å². The van der Waals surface area contributed by atoms with Crippen LogP contribution in [0, 0.1) is 5.82 Å². The van der Waals surface area contributed by atoms with E-state index >= 15 is 0 Å². The number of halogens is 6. The number of benzene rings is 2. The van der Waals surface area contributed by atoms with Crippen LogP contribution < -0.4 is 5.32 Å². The number of rotatable bonds is 4. The van der Waals surface area contributed by atoms with E-state index in [4.69, 9.17) is 28.0 Å². The fourth-order valence-electron chi connectivity index (χ4n) is 4.33. The molecule has 1 saturated heterocycles. The second-order valence-electron chi connectivity index (χ2n) is 8.40. The molecule has 0 spiro atoms. The predicted octanol–water partition coefficient (Wildman–Crippen LogP) is 5.22. The lowest BCUT2D eigenvalue weighted by Crippen LogP contribution is -2.53. The van der Waals surface area contributed by atoms with Crippen LogP contribution in [-0.4, -0.2) is 45.6 Å². The first-order valence-corrected chi connectivity index (χ1v) is 13.6. The van der Waals surface area contributed by atoms with Gasteiger partial charge >= 0.3 is 6.18 Å². The first kappa shape index (κ1) is 25.0. The largest absolute Gasteiger partial charge is 0.616 e. The summed E-state index contributed by atoms with van der Waals surface area (Å²) >= 11 is 12.1. The van der Waals surface area contributed by atoms with Gasteiger partial charge in [0.05, 0.1) is 21.3 Å². The summed E-state index contributed by atoms with van der Waals surface area (Å²) in [6.45, 7) is 0. The number of nitrogens with one attached hydrogen (secondary N) is 1. The van der Waals surface area contributed by atoms with E-state index < -0.39 is 50.8 Å². The van der Waals surface area contributed by atoms with E-state index in [0.29, 0.717) is 39.7 Å². The molecule has 5 nitrogen and oxygen atoms in total. The van der Waals surface area contributed by atoms with Crippen molar-refractivity contribution >= 4 is 57.8 Å². The minimum absolute atomic E-state index is 0.0546. The molecule has 2 aromatic carbocycles. The van der Waals surface area contributed by atoms with Crippen molar-refractivity contribution in [1.82, 2.24) is 5.32 Å². The van der Waals surface area contributed by atoms with Gasteiger partial charge in [-0.15, -0.1) is 11.8 Å². The van der Waals surface area contributed by atoms with Crippen molar-refractivity contribution in [3.63, 3.8) is 0 Å². The highest BCUT2D eigenvalue weighted by molar-refractivity contribution is 7.99. The van der Waals surface area contributed by atoms with Gasteiger partial charge in [0.25, 0.3) is 11.5 Å². The number of hydrogen-bond donors (Lipinski definition) is 1. The molecule has 1 N–H and O–H groups in total. The Morgan fingerprint density at radius 3 is 2.57 bits per heavy atom. The molecule has 3 aliphatic rings. The van der Waals surface area contributed by atoms with Crippen molar-refractivity contribution in [3.05, 3.63) is 62.4 Å². The number of amides is 1. The van der Waals surface area contributed by atoms with Crippen LogP contribution in [0.2, 0.25) is 10.0 Å². The van der Waals surface area contributed by atoms with E-state index in [1.807, 2.05) is 0 Å². The molecule has 1 unspecified atom stereocenters. The molecular formula is C22H16Cl2F4N2O3S2. The molecule has 0 aliphatic carbocycles. The fraction of sp³-hybridized carbons (Fsp3) is 0.364. The zero-order chi connectivity index (χ0) is 25.1. The molecule has 5 rings (SSSR count). The van der Waals surface area contributed by atoms with Gasteiger partial charge in [0.1, 0.15) is 17.5 Å². The SMILES string of the molecule is O=C(NC1C[S+]([O-])C1)c1ccc(C2=NOC(c3cc(Cl)c(F)c(Cl)c3)(C(F)(F)F)C2)c2c1SCC2. The lowest BCUT2D eigenvalue weighted by atomic mass is 9.85. The summed E-state index contributed by atoms with van der Waals surface area (Å²) in [5.74, 6) is 0.134. The van der Waals surface area contributed by atoms with Gasteiger partial charge in [0, 0.05) is 28.2 Å². The fourth-order valence-corrected chi connectivity index (χ4v) is 6.99. The van der Waals surface area contributed by atoms with Crippen LogP contribution in [0.25, 0.3) is 0 Å². The summed E-state index contributed by atoms with van der Waals surface area (Å²) in [7, 11) is 0. The standard InChI is InChI=1S/C22H16Cl2F4N2O3S2/c23-15-5-10(6-16(24)18(15)25)21(22(26,27)28)7-17(30-33-21)12-1-2-14(19-13(12)3-4-34-19)20(31)29-11-8-35(32)9-11/h1-2,5-6,11H,3-4,7-9H2,(H,29,31). The monoisotopic (exact) mass is 566 g/mol. The van der Waals surface area contributed by atoms with Crippen LogP contribution in [-0.2, 0) is 28.0 Å². The van der Waals surface area contributed by atoms with Crippen LogP contribution >= 0.6 is 35.0 Å². The van der Waals surface area contributed by atoms with E-state index in [9.17, 15) is 26.9 Å². The van der Waals surface area contributed by atoms with Gasteiger partial charge < -0.3 is 14.7 Å². The number of thioether (sulfide) groups is 1. The summed E-state index contributed by atoms with van der Waals surface area (Å²) in [6.07, 6.45) is -5.05. The van der Waals surface area contributed by atoms with Crippen LogP contribution in [0.15, 0.2) is 34.3 Å². The molecule has 0 radical (unpaired) electrons. The van der Waals surface area contributed by atoms with Crippen molar-refractivity contribution in [2.45, 2.75) is 35.6 Å². The highest BCUT2D eigenvalue weighted by Gasteiger charge is 2.62. The van der Waals surface area contributed by atoms with E-state index in [0.717, 1.165) is 17.7 Å². The van der Waals surface area contributed by atoms with Crippen molar-refractivity contribution in [3.8, 4) is 0 Å². The summed E-state index contributed by atoms with van der Waals surface area (Å²) in [5, 5.41) is 5.52. The van der Waals surface area contributed by atoms with Gasteiger partial charge in [0.15, 0.2) is 5.82 Å². The smallest absolute Gasteiger partial charge is 0.435 e. The third-order valence-corrected chi connectivity index (χ3v) is 9.42. The number of carbonyl (C=O) groups is 1. The second kappa shape index (κ2) is 9.02. The highest BCUT2D eigenvalue weighted by atomic mass is 35.5. The summed E-state index contributed by atoms with van der Waals surface area (Å²) in [4.78, 5) is 18.5. The van der Waals surface area contributed by atoms with Gasteiger partial charge in [-0.05, 0) is 41.4 Å². The minimum Gasteiger partial charge on any atom is -0.616 e. The Morgan fingerprint density at radius 1 is 1.26 bits per heavy atom. The molecule has 3 aliphatic heterocycles. The molecule has 0 saturated carbocycles. The zero-order valence-electron chi connectivity index (χ0n) is 17.7. The maximum absolute atomic E-state index is 14.3. The maximum atomic E-state index is 14.3. The van der Waals surface area contributed by atoms with Crippen molar-refractivity contribution in [2.24, 2.45) is 5.16 Å². The third kappa shape index (κ3) is 4.29. The van der Waals surface area contributed by atoms with Crippen LogP contribution in [0.1, 0.15) is 33.5 Å². The molecule has 13 heteroatoms. The number of hydrogen-bond acceptors (Lipinski definition) is 5. The van der Waals surface area contributed by atoms with E-state index in [2.05, 4.69) is 10.5 Å². The summed E-state index contributed by atoms with van der Waals surface area (Å²) in [6, 6.07) is 4.66. The van der Waals surface area contributed by atoms with Gasteiger partial charge in [-0.1, -0.05) is 34.4 Å². The minimum atomic E-state index is -4.91. The van der Waals surface area contributed by atoms with Crippen LogP contribution in [0.3, 0.4) is 0 Å². The second-order valence-corrected chi connectivity index (χ2v) is 11.9. The van der Waals surface area contributed by atoms with Gasteiger partial charge in [-0.25, -0.2) is 4.39 Å². The Morgan fingerprint density at radius 2 is 1.94 bits per heavy atom. The number of oxime groups is 1. The molecule has 0 bridgehead atoms. The molecule has 1 fully saturated rings. The lowest BCUT2D eigenvalue weighted by Gasteiger charge is -2.30. The zero-order valence-corrected chi connectivity index (χ0v) is 20.8. The van der Waals surface area contributed by atoms with E-state index in [1.165, 1.54) is 11.8 Å². The average molecular weight is 567 g/mol. The Bertz CT molecular complexity index is 1230. The molecule has 1 amide bonds. The molecule has 3 heterocycles. The van der Waals surface area contributed by atoms with Gasteiger partial charge in [0.2, 0.25) is 0 Å². The average Bonchev–Trinajstić information content (AvgIpc) is 3.43. The normalized spacial score (nSPS) is 25.5. The topological polar surface area (TPSA) is 73.8 Å². The summed E-state index contributed by atoms with van der Waals surface area (Å²) < 4.78 is 68.2. The van der Waals surface area contributed by atoms with Crippen molar-refractivity contribution in [2.75, 3.05) is 17.3 Å². The highest BCUT2D eigenvalue weighted by Crippen LogP contribution is 2.51. The third-order valence-electron chi connectivity index (χ3n) is 6.16. The van der Waals surface area contributed by atoms with Gasteiger partial charge in [-0.3, -0.25) is 4.79 Å². The van der Waals surface area contributed by atoms with Gasteiger partial charge in [-0.2, -0.15) is 13.2 Å². The Kier molecular flexibility index (Phi) is 6.45. The Balaban J connectivity index is 1.47. The molecule has 0 aromatic heterocycles. The number of alkyl halides is 3. The lowest BCUT2D eigenvalue weighted by molar-refractivity contribution is -0.275. The number of fused-ring (bicyclic) bond motifs is 1. The Hall–Kier alpha value is -1.66. The first-order chi connectivity index (χ1) is 16.5. The predicted molar refractivity (Wildman–Crippen MR) is 126 cm³/mol. The van der Waals surface area contributed by atoms with Crippen molar-refractivity contribution in [1.29, 1.82) is 0 Å². The molecule has 1 atom stereocenters. The first-order valence-electron chi connectivity index (χ1n) is 10.4. The molecule has 186 valence electrons. The molecular weight excluding hydrogens is 551 g/mol. The number of carbonyl (C=O) groups excluding carboxylic acids is 1. The molecule has 2 aromatic rings. The molecule has 35 heavy (non-hydrogen) atoms. The van der Waals surface area contributed by atoms with Crippen molar-refractivity contribution < 1.29 is 31.7 Å². The van der Waals surface area contributed by atoms with Crippen LogP contribution in [0.4, 0.5) is 17.6 Å². The number of nitrogens with zero attached hydrogens (tertiary/aromatic N) is 1. The maximum Gasteiger partial charge on any atom is 0.435 e.